The van der Waals surface area contributed by atoms with Crippen LogP contribution in [-0.4, -0.2) is 61.6 Å². The largest absolute Gasteiger partial charge is 0.474 e. The van der Waals surface area contributed by atoms with Crippen LogP contribution in [0.3, 0.4) is 0 Å². The summed E-state index contributed by atoms with van der Waals surface area (Å²) in [6, 6.07) is 2.98. The van der Waals surface area contributed by atoms with Gasteiger partial charge in [0.2, 0.25) is 11.8 Å². The molecule has 0 saturated carbocycles. The minimum Gasteiger partial charge on any atom is -0.474 e. The molecule has 1 aromatic heterocycles. The molecule has 7 nitrogen and oxygen atoms in total. The SMILES string of the molecule is CN=C(NCCOc1ncccc1F)NC1CCC(=O)N(C)C1. The van der Waals surface area contributed by atoms with Gasteiger partial charge in [0, 0.05) is 39.3 Å². The lowest BCUT2D eigenvalue weighted by atomic mass is 10.1. The van der Waals surface area contributed by atoms with Crippen molar-refractivity contribution >= 4 is 11.9 Å². The molecule has 1 atom stereocenters. The second kappa shape index (κ2) is 8.30. The topological polar surface area (TPSA) is 78.9 Å². The number of nitrogens with one attached hydrogen (secondary N) is 2. The van der Waals surface area contributed by atoms with Crippen molar-refractivity contribution in [1.82, 2.24) is 20.5 Å². The first-order valence-corrected chi connectivity index (χ1v) is 7.54. The third kappa shape index (κ3) is 5.08. The van der Waals surface area contributed by atoms with E-state index in [-0.39, 0.29) is 24.4 Å². The van der Waals surface area contributed by atoms with Gasteiger partial charge < -0.3 is 20.3 Å². The number of ether oxygens (including phenoxy) is 1. The minimum atomic E-state index is -0.482. The summed E-state index contributed by atoms with van der Waals surface area (Å²) in [7, 11) is 3.47. The number of carbonyl (C=O) groups is 1. The van der Waals surface area contributed by atoms with Crippen LogP contribution < -0.4 is 15.4 Å². The van der Waals surface area contributed by atoms with Crippen LogP contribution in [0, 0.1) is 5.82 Å². The van der Waals surface area contributed by atoms with Crippen molar-refractivity contribution in [2.45, 2.75) is 18.9 Å². The highest BCUT2D eigenvalue weighted by Gasteiger charge is 2.23. The molecule has 23 heavy (non-hydrogen) atoms. The van der Waals surface area contributed by atoms with Crippen LogP contribution in [0.15, 0.2) is 23.3 Å². The van der Waals surface area contributed by atoms with Crippen molar-refractivity contribution in [1.29, 1.82) is 0 Å². The molecule has 8 heteroatoms. The first-order valence-electron chi connectivity index (χ1n) is 7.54. The van der Waals surface area contributed by atoms with Crippen LogP contribution >= 0.6 is 0 Å². The van der Waals surface area contributed by atoms with Crippen LogP contribution in [0.25, 0.3) is 0 Å². The van der Waals surface area contributed by atoms with Crippen molar-refractivity contribution in [2.24, 2.45) is 4.99 Å². The smallest absolute Gasteiger partial charge is 0.250 e. The van der Waals surface area contributed by atoms with Crippen LogP contribution in [0.5, 0.6) is 5.88 Å². The molecule has 2 N–H and O–H groups in total. The molecule has 0 aliphatic carbocycles. The van der Waals surface area contributed by atoms with E-state index >= 15 is 0 Å². The predicted molar refractivity (Wildman–Crippen MR) is 84.8 cm³/mol. The van der Waals surface area contributed by atoms with Gasteiger partial charge in [-0.2, -0.15) is 0 Å². The zero-order valence-corrected chi connectivity index (χ0v) is 13.4. The lowest BCUT2D eigenvalue weighted by Crippen LogP contribution is -2.52. The molecule has 2 heterocycles. The Bertz CT molecular complexity index is 567. The highest BCUT2D eigenvalue weighted by Crippen LogP contribution is 2.11. The summed E-state index contributed by atoms with van der Waals surface area (Å²) in [6.07, 6.45) is 2.79. The average Bonchev–Trinajstić information content (AvgIpc) is 2.55. The second-order valence-corrected chi connectivity index (χ2v) is 5.29. The fraction of sp³-hybridized carbons (Fsp3) is 0.533. The van der Waals surface area contributed by atoms with Crippen LogP contribution in [0.4, 0.5) is 4.39 Å². The van der Waals surface area contributed by atoms with Gasteiger partial charge >= 0.3 is 0 Å². The Labute approximate surface area is 134 Å². The molecule has 1 amide bonds. The van der Waals surface area contributed by atoms with Crippen LogP contribution in [-0.2, 0) is 4.79 Å². The number of likely N-dealkylation sites (tertiary alicyclic amines) is 1. The Morgan fingerprint density at radius 1 is 1.61 bits per heavy atom. The molecule has 1 unspecified atom stereocenters. The number of guanidine groups is 1. The Kier molecular flexibility index (Phi) is 6.13. The van der Waals surface area contributed by atoms with Gasteiger partial charge in [-0.05, 0) is 18.6 Å². The number of halogens is 1. The van der Waals surface area contributed by atoms with Crippen molar-refractivity contribution in [3.63, 3.8) is 0 Å². The van der Waals surface area contributed by atoms with Crippen molar-refractivity contribution in [2.75, 3.05) is 33.8 Å². The summed E-state index contributed by atoms with van der Waals surface area (Å²) >= 11 is 0. The van der Waals surface area contributed by atoms with E-state index in [4.69, 9.17) is 4.74 Å². The zero-order valence-electron chi connectivity index (χ0n) is 13.4. The molecule has 0 aromatic carbocycles. The van der Waals surface area contributed by atoms with Crippen molar-refractivity contribution in [3.05, 3.63) is 24.1 Å². The van der Waals surface area contributed by atoms with Gasteiger partial charge in [-0.1, -0.05) is 0 Å². The van der Waals surface area contributed by atoms with E-state index < -0.39 is 5.82 Å². The number of piperidine rings is 1. The van der Waals surface area contributed by atoms with E-state index in [0.29, 0.717) is 25.5 Å². The summed E-state index contributed by atoms with van der Waals surface area (Å²) in [4.78, 5) is 21.1. The molecule has 0 bridgehead atoms. The van der Waals surface area contributed by atoms with E-state index in [1.165, 1.54) is 18.3 Å². The number of nitrogens with zero attached hydrogens (tertiary/aromatic N) is 3. The first kappa shape index (κ1) is 17.0. The Morgan fingerprint density at radius 2 is 2.43 bits per heavy atom. The number of aromatic nitrogens is 1. The average molecular weight is 323 g/mol. The van der Waals surface area contributed by atoms with E-state index in [2.05, 4.69) is 20.6 Å². The maximum Gasteiger partial charge on any atom is 0.250 e. The standard InChI is InChI=1S/C15H22FN5O2/c1-17-15(20-11-5-6-13(22)21(2)10-11)19-8-9-23-14-12(16)4-3-7-18-14/h3-4,7,11H,5-6,8-10H2,1-2H3,(H2,17,19,20). The van der Waals surface area contributed by atoms with Crippen molar-refractivity contribution in [3.8, 4) is 5.88 Å². The predicted octanol–water partition coefficient (Wildman–Crippen LogP) is 0.385. The number of hydrogen-bond acceptors (Lipinski definition) is 4. The number of hydrogen-bond donors (Lipinski definition) is 2. The number of pyridine rings is 1. The lowest BCUT2D eigenvalue weighted by molar-refractivity contribution is -0.132. The molecule has 1 aromatic rings. The highest BCUT2D eigenvalue weighted by atomic mass is 19.1. The maximum absolute atomic E-state index is 13.3. The molecule has 2 rings (SSSR count). The Balaban J connectivity index is 1.71. The molecule has 126 valence electrons. The number of rotatable bonds is 5. The fourth-order valence-corrected chi connectivity index (χ4v) is 2.31. The van der Waals surface area contributed by atoms with E-state index in [9.17, 15) is 9.18 Å². The summed E-state index contributed by atoms with van der Waals surface area (Å²) < 4.78 is 18.6. The van der Waals surface area contributed by atoms with Gasteiger partial charge in [-0.25, -0.2) is 9.37 Å². The molecule has 0 spiro atoms. The minimum absolute atomic E-state index is 0.00957. The molecule has 1 saturated heterocycles. The van der Waals surface area contributed by atoms with Gasteiger partial charge in [0.05, 0.1) is 6.54 Å². The molecule has 0 radical (unpaired) electrons. The molecule has 1 aliphatic rings. The fourth-order valence-electron chi connectivity index (χ4n) is 2.31. The highest BCUT2D eigenvalue weighted by molar-refractivity contribution is 5.81. The zero-order chi connectivity index (χ0) is 16.7. The van der Waals surface area contributed by atoms with Crippen molar-refractivity contribution < 1.29 is 13.9 Å². The van der Waals surface area contributed by atoms with Gasteiger partial charge in [0.25, 0.3) is 0 Å². The third-order valence-electron chi connectivity index (χ3n) is 3.55. The summed E-state index contributed by atoms with van der Waals surface area (Å²) in [6.45, 7) is 1.37. The van der Waals surface area contributed by atoms with Gasteiger partial charge in [-0.3, -0.25) is 9.79 Å². The first-order chi connectivity index (χ1) is 11.1. The van der Waals surface area contributed by atoms with Gasteiger partial charge in [0.15, 0.2) is 11.8 Å². The third-order valence-corrected chi connectivity index (χ3v) is 3.55. The van der Waals surface area contributed by atoms with E-state index in [1.807, 2.05) is 0 Å². The van der Waals surface area contributed by atoms with Gasteiger partial charge in [0.1, 0.15) is 6.61 Å². The molecular formula is C15H22FN5O2. The molecule has 1 aliphatic heterocycles. The number of amides is 1. The lowest BCUT2D eigenvalue weighted by Gasteiger charge is -2.31. The number of carbonyl (C=O) groups excluding carboxylic acids is 1. The van der Waals surface area contributed by atoms with E-state index in [0.717, 1.165) is 6.42 Å². The van der Waals surface area contributed by atoms with Crippen LogP contribution in [0.1, 0.15) is 12.8 Å². The number of aliphatic imine (C=N–C) groups is 1. The summed E-state index contributed by atoms with van der Waals surface area (Å²) in [5, 5.41) is 6.36. The normalized spacial score (nSPS) is 18.7. The maximum atomic E-state index is 13.3. The quantitative estimate of drug-likeness (QED) is 0.465. The molecular weight excluding hydrogens is 301 g/mol. The Hall–Kier alpha value is -2.38. The second-order valence-electron chi connectivity index (χ2n) is 5.29. The summed E-state index contributed by atoms with van der Waals surface area (Å²) in [5.74, 6) is 0.300. The Morgan fingerprint density at radius 3 is 3.13 bits per heavy atom. The van der Waals surface area contributed by atoms with Gasteiger partial charge in [-0.15, -0.1) is 0 Å². The van der Waals surface area contributed by atoms with Crippen LogP contribution in [0.2, 0.25) is 0 Å². The monoisotopic (exact) mass is 323 g/mol. The van der Waals surface area contributed by atoms with E-state index in [1.54, 1.807) is 19.0 Å². The summed E-state index contributed by atoms with van der Waals surface area (Å²) in [5.41, 5.74) is 0. The molecule has 1 fully saturated rings. The number of likely N-dealkylation sites (N-methyl/N-ethyl adjacent to an activating group) is 1.